The quantitative estimate of drug-likeness (QED) is 0.660. The number of hydrogen-bond acceptors (Lipinski definition) is 4. The lowest BCUT2D eigenvalue weighted by Crippen LogP contribution is -2.50. The smallest absolute Gasteiger partial charge is 0.336 e. The molecule has 6 nitrogen and oxygen atoms in total. The van der Waals surface area contributed by atoms with Gasteiger partial charge < -0.3 is 4.90 Å². The highest BCUT2D eigenvalue weighted by Crippen LogP contribution is 2.34. The highest BCUT2D eigenvalue weighted by Gasteiger charge is 2.35. The van der Waals surface area contributed by atoms with Crippen molar-refractivity contribution in [2.45, 2.75) is 18.0 Å². The van der Waals surface area contributed by atoms with Crippen LogP contribution < -0.4 is 0 Å². The second kappa shape index (κ2) is 8.04. The van der Waals surface area contributed by atoms with Crippen molar-refractivity contribution in [3.8, 4) is 0 Å². The van der Waals surface area contributed by atoms with Crippen molar-refractivity contribution >= 4 is 31.9 Å². The van der Waals surface area contributed by atoms with Gasteiger partial charge >= 0.3 is 6.18 Å². The number of carbonyl (C=O) groups is 1. The number of sulfonamides is 1. The molecule has 1 amide bonds. The largest absolute Gasteiger partial charge is 0.416 e. The van der Waals surface area contributed by atoms with E-state index in [-0.39, 0.29) is 41.5 Å². The number of amides is 1. The van der Waals surface area contributed by atoms with E-state index in [1.165, 1.54) is 11.1 Å². The number of halogens is 4. The van der Waals surface area contributed by atoms with Crippen LogP contribution >= 0.6 is 15.9 Å². The van der Waals surface area contributed by atoms with E-state index in [2.05, 4.69) is 20.9 Å². The van der Waals surface area contributed by atoms with Crippen LogP contribution in [0.15, 0.2) is 45.9 Å². The molecule has 0 atom stereocenters. The van der Waals surface area contributed by atoms with Gasteiger partial charge in [-0.2, -0.15) is 17.5 Å². The highest BCUT2D eigenvalue weighted by atomic mass is 79.9. The summed E-state index contributed by atoms with van der Waals surface area (Å²) in [6.07, 6.45) is -3.10. The lowest BCUT2D eigenvalue weighted by molar-refractivity contribution is -0.137. The summed E-state index contributed by atoms with van der Waals surface area (Å²) in [5, 5.41) is 0. The lowest BCUT2D eigenvalue weighted by atomic mass is 10.2. The molecule has 0 bridgehead atoms. The van der Waals surface area contributed by atoms with Crippen LogP contribution in [0.25, 0.3) is 0 Å². The number of carbonyl (C=O) groups excluding carboxylic acids is 1. The third-order valence-corrected chi connectivity index (χ3v) is 7.44. The summed E-state index contributed by atoms with van der Waals surface area (Å²) >= 11 is 2.94. The summed E-state index contributed by atoms with van der Waals surface area (Å²) in [5.41, 5.74) is 0.252. The predicted molar refractivity (Wildman–Crippen MR) is 103 cm³/mol. The molecule has 156 valence electrons. The van der Waals surface area contributed by atoms with Crippen LogP contribution in [0.5, 0.6) is 0 Å². The van der Waals surface area contributed by atoms with Crippen LogP contribution in [-0.2, 0) is 16.2 Å². The van der Waals surface area contributed by atoms with Crippen LogP contribution in [0, 0.1) is 6.92 Å². The van der Waals surface area contributed by atoms with Gasteiger partial charge in [0.25, 0.3) is 5.91 Å². The minimum Gasteiger partial charge on any atom is -0.336 e. The zero-order chi connectivity index (χ0) is 21.4. The Hall–Kier alpha value is -1.98. The Labute approximate surface area is 174 Å². The molecule has 0 N–H and O–H groups in total. The number of benzene rings is 1. The molecule has 1 aliphatic heterocycles. The number of aryl methyl sites for hydroxylation is 1. The van der Waals surface area contributed by atoms with Gasteiger partial charge in [0, 0.05) is 42.5 Å². The molecule has 0 aliphatic carbocycles. The van der Waals surface area contributed by atoms with E-state index in [9.17, 15) is 26.4 Å². The third kappa shape index (κ3) is 4.62. The van der Waals surface area contributed by atoms with E-state index < -0.39 is 21.8 Å². The second-order valence-electron chi connectivity index (χ2n) is 6.53. The van der Waals surface area contributed by atoms with Gasteiger partial charge in [-0.1, -0.05) is 0 Å². The normalized spacial score (nSPS) is 16.1. The molecule has 1 aromatic carbocycles. The summed E-state index contributed by atoms with van der Waals surface area (Å²) in [6.45, 7) is 2.23. The van der Waals surface area contributed by atoms with Gasteiger partial charge in [0.1, 0.15) is 0 Å². The van der Waals surface area contributed by atoms with E-state index in [1.807, 2.05) is 0 Å². The van der Waals surface area contributed by atoms with Crippen LogP contribution in [0.4, 0.5) is 13.2 Å². The fraction of sp³-hybridized carbons (Fsp3) is 0.333. The van der Waals surface area contributed by atoms with Crippen LogP contribution in [-0.4, -0.2) is 54.7 Å². The molecular formula is C18H17BrF3N3O3S. The van der Waals surface area contributed by atoms with E-state index in [0.29, 0.717) is 5.56 Å². The maximum Gasteiger partial charge on any atom is 0.416 e. The molecule has 29 heavy (non-hydrogen) atoms. The molecular weight excluding hydrogens is 475 g/mol. The number of piperazine rings is 1. The van der Waals surface area contributed by atoms with E-state index in [4.69, 9.17) is 0 Å². The number of rotatable bonds is 3. The van der Waals surface area contributed by atoms with Crippen molar-refractivity contribution in [2.75, 3.05) is 26.2 Å². The monoisotopic (exact) mass is 491 g/mol. The van der Waals surface area contributed by atoms with E-state index in [1.54, 1.807) is 19.1 Å². The summed E-state index contributed by atoms with van der Waals surface area (Å²) in [7, 11) is -4.01. The minimum atomic E-state index is -4.57. The number of aromatic nitrogens is 1. The Morgan fingerprint density at radius 3 is 2.28 bits per heavy atom. The highest BCUT2D eigenvalue weighted by molar-refractivity contribution is 9.10. The van der Waals surface area contributed by atoms with Gasteiger partial charge in [-0.05, 0) is 53.2 Å². The molecule has 1 aromatic heterocycles. The summed E-state index contributed by atoms with van der Waals surface area (Å²) < 4.78 is 65.1. The summed E-state index contributed by atoms with van der Waals surface area (Å²) in [4.78, 5) is 17.9. The SMILES string of the molecule is Cc1ccc(C(=O)N2CCN(S(=O)(=O)c3ccc(C(F)(F)F)cc3Br)CC2)cn1. The molecule has 1 aliphatic rings. The average Bonchev–Trinajstić information content (AvgIpc) is 2.67. The number of hydrogen-bond donors (Lipinski definition) is 0. The molecule has 0 spiro atoms. The van der Waals surface area contributed by atoms with Crippen molar-refractivity contribution in [1.82, 2.24) is 14.2 Å². The Bertz CT molecular complexity index is 1020. The Balaban J connectivity index is 1.73. The van der Waals surface area contributed by atoms with Crippen LogP contribution in [0.1, 0.15) is 21.6 Å². The van der Waals surface area contributed by atoms with Crippen molar-refractivity contribution < 1.29 is 26.4 Å². The molecule has 0 radical (unpaired) electrons. The Morgan fingerprint density at radius 1 is 1.10 bits per heavy atom. The molecule has 0 unspecified atom stereocenters. The predicted octanol–water partition coefficient (Wildman–Crippen LogP) is 3.32. The van der Waals surface area contributed by atoms with Crippen molar-refractivity contribution in [1.29, 1.82) is 0 Å². The van der Waals surface area contributed by atoms with Gasteiger partial charge in [0.2, 0.25) is 10.0 Å². The molecule has 0 saturated carbocycles. The average molecular weight is 492 g/mol. The van der Waals surface area contributed by atoms with E-state index in [0.717, 1.165) is 28.2 Å². The first-order valence-corrected chi connectivity index (χ1v) is 10.8. The number of pyridine rings is 1. The fourth-order valence-corrected chi connectivity index (χ4v) is 5.39. The van der Waals surface area contributed by atoms with Crippen molar-refractivity contribution in [2.24, 2.45) is 0 Å². The first kappa shape index (κ1) is 21.7. The molecule has 11 heteroatoms. The summed E-state index contributed by atoms with van der Waals surface area (Å²) in [5.74, 6) is -0.245. The molecule has 2 aromatic rings. The van der Waals surface area contributed by atoms with Gasteiger partial charge in [0.05, 0.1) is 16.0 Å². The minimum absolute atomic E-state index is 0.0425. The zero-order valence-corrected chi connectivity index (χ0v) is 17.7. The van der Waals surface area contributed by atoms with E-state index >= 15 is 0 Å². The standard InChI is InChI=1S/C18H17BrF3N3O3S/c1-12-2-3-13(11-23-12)17(26)24-6-8-25(9-7-24)29(27,28)16-5-4-14(10-15(16)19)18(20,21)22/h2-5,10-11H,6-9H2,1H3. The maximum absolute atomic E-state index is 12.9. The molecule has 2 heterocycles. The third-order valence-electron chi connectivity index (χ3n) is 4.56. The van der Waals surface area contributed by atoms with Crippen molar-refractivity contribution in [3.05, 3.63) is 57.8 Å². The first-order valence-electron chi connectivity index (χ1n) is 8.59. The number of alkyl halides is 3. The van der Waals surface area contributed by atoms with Crippen LogP contribution in [0.3, 0.4) is 0 Å². The molecule has 1 saturated heterocycles. The van der Waals surface area contributed by atoms with Gasteiger partial charge in [-0.25, -0.2) is 8.42 Å². The topological polar surface area (TPSA) is 70.6 Å². The van der Waals surface area contributed by atoms with Crippen molar-refractivity contribution in [3.63, 3.8) is 0 Å². The van der Waals surface area contributed by atoms with Gasteiger partial charge in [0.15, 0.2) is 0 Å². The zero-order valence-electron chi connectivity index (χ0n) is 15.3. The molecule has 3 rings (SSSR count). The Morgan fingerprint density at radius 2 is 1.76 bits per heavy atom. The molecule has 1 fully saturated rings. The summed E-state index contributed by atoms with van der Waals surface area (Å²) in [6, 6.07) is 5.81. The van der Waals surface area contributed by atoms with Gasteiger partial charge in [-0.15, -0.1) is 0 Å². The van der Waals surface area contributed by atoms with Gasteiger partial charge in [-0.3, -0.25) is 9.78 Å². The Kier molecular flexibility index (Phi) is 6.02. The second-order valence-corrected chi connectivity index (χ2v) is 9.29. The fourth-order valence-electron chi connectivity index (χ4n) is 2.93. The lowest BCUT2D eigenvalue weighted by Gasteiger charge is -2.34. The number of nitrogens with zero attached hydrogens (tertiary/aromatic N) is 3. The van der Waals surface area contributed by atoms with Crippen LogP contribution in [0.2, 0.25) is 0 Å². The maximum atomic E-state index is 12.9. The first-order chi connectivity index (χ1) is 13.5.